The third-order valence-electron chi connectivity index (χ3n) is 8.59. The Morgan fingerprint density at radius 1 is 0.841 bits per heavy atom. The smallest absolute Gasteiger partial charge is 0.338 e. The molecule has 44 heavy (non-hydrogen) atoms. The molecule has 0 heterocycles. The molecule has 1 fully saturated rings. The normalized spacial score (nSPS) is 30.4. The topological polar surface area (TPSA) is 113 Å². The first-order valence-corrected chi connectivity index (χ1v) is 14.9. The third-order valence-corrected chi connectivity index (χ3v) is 8.59. The van der Waals surface area contributed by atoms with E-state index in [9.17, 15) is 24.0 Å². The first-order chi connectivity index (χ1) is 20.7. The van der Waals surface area contributed by atoms with E-state index < -0.39 is 53.0 Å². The zero-order valence-electron chi connectivity index (χ0n) is 26.1. The van der Waals surface area contributed by atoms with Crippen LogP contribution in [-0.2, 0) is 28.6 Å². The van der Waals surface area contributed by atoms with Crippen molar-refractivity contribution < 1.29 is 38.2 Å². The van der Waals surface area contributed by atoms with Crippen LogP contribution in [0.3, 0.4) is 0 Å². The van der Waals surface area contributed by atoms with Crippen LogP contribution in [0, 0.1) is 23.2 Å². The van der Waals surface area contributed by atoms with Crippen LogP contribution in [0.4, 0.5) is 0 Å². The predicted octanol–water partition coefficient (Wildman–Crippen LogP) is 6.10. The Labute approximate surface area is 258 Å². The van der Waals surface area contributed by atoms with Crippen LogP contribution in [0.15, 0.2) is 84.5 Å². The molecule has 0 bridgehead atoms. The van der Waals surface area contributed by atoms with Gasteiger partial charge in [0, 0.05) is 31.1 Å². The maximum absolute atomic E-state index is 14.3. The van der Waals surface area contributed by atoms with E-state index in [4.69, 9.17) is 14.2 Å². The molecule has 1 saturated carbocycles. The summed E-state index contributed by atoms with van der Waals surface area (Å²) < 4.78 is 17.9. The fraction of sp³-hybridized carbons (Fsp3) is 0.417. The lowest BCUT2D eigenvalue weighted by atomic mass is 9.76. The quantitative estimate of drug-likeness (QED) is 0.230. The highest BCUT2D eigenvalue weighted by molar-refractivity contribution is 5.95. The maximum Gasteiger partial charge on any atom is 0.338 e. The van der Waals surface area contributed by atoms with Crippen molar-refractivity contribution in [1.29, 1.82) is 0 Å². The first kappa shape index (κ1) is 32.6. The van der Waals surface area contributed by atoms with E-state index in [2.05, 4.69) is 0 Å². The van der Waals surface area contributed by atoms with Crippen molar-refractivity contribution in [3.05, 3.63) is 95.6 Å². The third kappa shape index (κ3) is 6.90. The van der Waals surface area contributed by atoms with E-state index in [0.717, 1.165) is 0 Å². The van der Waals surface area contributed by atoms with Crippen molar-refractivity contribution in [2.45, 2.75) is 72.2 Å². The summed E-state index contributed by atoms with van der Waals surface area (Å²) in [4.78, 5) is 66.9. The number of rotatable bonds is 5. The van der Waals surface area contributed by atoms with Crippen LogP contribution in [0.5, 0.6) is 0 Å². The standard InChI is InChI=1S/C36H40O8/c1-22-17-18-35(5,6)30(38)20-29(42-33(40)26-13-9-7-10-14-26)23(2)19-28-31(43-34(41)27-15-11-8-12-16-27)24(3)21-36(28,32(22)39)44-25(4)37/h7-19,22,24,28-29,31H,20-21H2,1-6H3/b18-17+,23-19-/t22-,24+,28+,29-,31+,36-/m1/s1. The van der Waals surface area contributed by atoms with Gasteiger partial charge in [0.05, 0.1) is 17.0 Å². The molecule has 4 rings (SSSR count). The summed E-state index contributed by atoms with van der Waals surface area (Å²) in [5.41, 5.74) is -1.51. The minimum absolute atomic E-state index is 0.113. The van der Waals surface area contributed by atoms with Gasteiger partial charge in [0.1, 0.15) is 18.0 Å². The van der Waals surface area contributed by atoms with E-state index in [1.807, 2.05) is 6.92 Å². The molecule has 0 unspecified atom stereocenters. The Hall–Kier alpha value is -4.33. The maximum atomic E-state index is 14.3. The van der Waals surface area contributed by atoms with Gasteiger partial charge in [0.15, 0.2) is 11.4 Å². The highest BCUT2D eigenvalue weighted by atomic mass is 16.6. The van der Waals surface area contributed by atoms with Gasteiger partial charge >= 0.3 is 17.9 Å². The molecule has 2 aliphatic rings. The molecule has 0 spiro atoms. The highest BCUT2D eigenvalue weighted by Crippen LogP contribution is 2.48. The molecule has 2 aromatic carbocycles. The fourth-order valence-electron chi connectivity index (χ4n) is 6.06. The Kier molecular flexibility index (Phi) is 9.72. The van der Waals surface area contributed by atoms with Gasteiger partial charge in [-0.25, -0.2) is 9.59 Å². The molecule has 0 aliphatic heterocycles. The average Bonchev–Trinajstić information content (AvgIpc) is 3.24. The average molecular weight is 601 g/mol. The van der Waals surface area contributed by atoms with Crippen molar-refractivity contribution in [1.82, 2.24) is 0 Å². The summed E-state index contributed by atoms with van der Waals surface area (Å²) >= 11 is 0. The van der Waals surface area contributed by atoms with Gasteiger partial charge < -0.3 is 14.2 Å². The van der Waals surface area contributed by atoms with Gasteiger partial charge in [-0.2, -0.15) is 0 Å². The molecular formula is C36H40O8. The van der Waals surface area contributed by atoms with Crippen molar-refractivity contribution in [2.75, 3.05) is 0 Å². The molecule has 0 amide bonds. The second-order valence-electron chi connectivity index (χ2n) is 12.5. The number of esters is 3. The van der Waals surface area contributed by atoms with E-state index in [-0.39, 0.29) is 30.3 Å². The molecule has 8 heteroatoms. The number of carbonyl (C=O) groups is 5. The van der Waals surface area contributed by atoms with Gasteiger partial charge in [0.25, 0.3) is 0 Å². The van der Waals surface area contributed by atoms with E-state index in [0.29, 0.717) is 16.7 Å². The van der Waals surface area contributed by atoms with Crippen LogP contribution < -0.4 is 0 Å². The number of hydrogen-bond donors (Lipinski definition) is 0. The van der Waals surface area contributed by atoms with Crippen LogP contribution in [-0.4, -0.2) is 47.3 Å². The minimum Gasteiger partial charge on any atom is -0.458 e. The largest absolute Gasteiger partial charge is 0.458 e. The van der Waals surface area contributed by atoms with E-state index in [1.54, 1.807) is 107 Å². The molecule has 0 N–H and O–H groups in total. The van der Waals surface area contributed by atoms with Crippen molar-refractivity contribution in [2.24, 2.45) is 23.2 Å². The molecule has 2 aromatic rings. The van der Waals surface area contributed by atoms with E-state index >= 15 is 0 Å². The molecule has 0 radical (unpaired) electrons. The fourth-order valence-corrected chi connectivity index (χ4v) is 6.06. The van der Waals surface area contributed by atoms with Gasteiger partial charge in [-0.15, -0.1) is 0 Å². The number of allylic oxidation sites excluding steroid dienone is 2. The monoisotopic (exact) mass is 600 g/mol. The molecule has 0 aromatic heterocycles. The zero-order chi connectivity index (χ0) is 32.2. The number of hydrogen-bond acceptors (Lipinski definition) is 8. The summed E-state index contributed by atoms with van der Waals surface area (Å²) in [6.45, 7) is 9.97. The van der Waals surface area contributed by atoms with Gasteiger partial charge in [-0.3, -0.25) is 14.4 Å². The minimum atomic E-state index is -1.67. The summed E-state index contributed by atoms with van der Waals surface area (Å²) in [5.74, 6) is -4.43. The van der Waals surface area contributed by atoms with Crippen LogP contribution in [0.2, 0.25) is 0 Å². The highest BCUT2D eigenvalue weighted by Gasteiger charge is 2.60. The summed E-state index contributed by atoms with van der Waals surface area (Å²) in [6.07, 6.45) is 3.15. The molecule has 232 valence electrons. The van der Waals surface area contributed by atoms with Crippen LogP contribution in [0.1, 0.15) is 75.1 Å². The lowest BCUT2D eigenvalue weighted by molar-refractivity contribution is -0.171. The summed E-state index contributed by atoms with van der Waals surface area (Å²) in [5, 5.41) is 0. The number of fused-ring (bicyclic) bond motifs is 1. The number of ketones is 2. The van der Waals surface area contributed by atoms with Crippen molar-refractivity contribution in [3.8, 4) is 0 Å². The molecule has 2 aliphatic carbocycles. The van der Waals surface area contributed by atoms with E-state index in [1.165, 1.54) is 6.92 Å². The Balaban J connectivity index is 1.86. The molecular weight excluding hydrogens is 560 g/mol. The lowest BCUT2D eigenvalue weighted by Crippen LogP contribution is -2.50. The Morgan fingerprint density at radius 3 is 1.93 bits per heavy atom. The second-order valence-corrected chi connectivity index (χ2v) is 12.5. The van der Waals surface area contributed by atoms with Crippen LogP contribution >= 0.6 is 0 Å². The number of Topliss-reactive ketones (excluding diaryl/α,β-unsaturated/α-hetero) is 2. The molecule has 6 atom stereocenters. The van der Waals surface area contributed by atoms with Gasteiger partial charge in [-0.05, 0) is 56.5 Å². The van der Waals surface area contributed by atoms with Gasteiger partial charge in [0.2, 0.25) is 0 Å². The molecule has 8 nitrogen and oxygen atoms in total. The second kappa shape index (κ2) is 13.1. The Morgan fingerprint density at radius 2 is 1.39 bits per heavy atom. The van der Waals surface area contributed by atoms with Crippen LogP contribution in [0.25, 0.3) is 0 Å². The number of benzene rings is 2. The number of ether oxygens (including phenoxy) is 3. The molecule has 0 saturated heterocycles. The van der Waals surface area contributed by atoms with Crippen molar-refractivity contribution >= 4 is 29.5 Å². The first-order valence-electron chi connectivity index (χ1n) is 14.9. The predicted molar refractivity (Wildman–Crippen MR) is 164 cm³/mol. The summed E-state index contributed by atoms with van der Waals surface area (Å²) in [7, 11) is 0. The lowest BCUT2D eigenvalue weighted by Gasteiger charge is -2.36. The number of carbonyl (C=O) groups excluding carboxylic acids is 5. The van der Waals surface area contributed by atoms with Crippen molar-refractivity contribution in [3.63, 3.8) is 0 Å². The summed E-state index contributed by atoms with van der Waals surface area (Å²) in [6, 6.07) is 16.9. The zero-order valence-corrected chi connectivity index (χ0v) is 26.1. The SMILES string of the molecule is CC(=O)O[C@]12C[C@H](C)[C@H](OC(=O)c3ccccc3)[C@@H]1/C=C(/C)[C@H](OC(=O)c1ccccc1)CC(=O)C(C)(C)/C=C/[C@@H](C)C2=O. The Bertz CT molecular complexity index is 1470. The van der Waals surface area contributed by atoms with Gasteiger partial charge in [-0.1, -0.05) is 68.5 Å².